The van der Waals surface area contributed by atoms with Crippen LogP contribution in [0.1, 0.15) is 12.0 Å². The van der Waals surface area contributed by atoms with Crippen molar-refractivity contribution in [2.45, 2.75) is 25.2 Å². The van der Waals surface area contributed by atoms with Gasteiger partial charge >= 0.3 is 12.2 Å². The van der Waals surface area contributed by atoms with Gasteiger partial charge in [-0.1, -0.05) is 24.3 Å². The molecular weight excluding hydrogens is 325 g/mol. The maximum atomic E-state index is 12.0. The number of rotatable bonds is 6. The van der Waals surface area contributed by atoms with Gasteiger partial charge in [-0.2, -0.15) is 13.2 Å². The molecule has 2 amide bonds. The van der Waals surface area contributed by atoms with Crippen LogP contribution < -0.4 is 15.4 Å². The van der Waals surface area contributed by atoms with Gasteiger partial charge < -0.3 is 20.5 Å². The minimum absolute atomic E-state index is 0.0546. The molecule has 1 aliphatic rings. The van der Waals surface area contributed by atoms with Gasteiger partial charge in [-0.3, -0.25) is 0 Å². The topological polar surface area (TPSA) is 70.6 Å². The summed E-state index contributed by atoms with van der Waals surface area (Å²) in [7, 11) is 0. The number of amides is 2. The standard InChI is InChI=1S/C16H19F3N2O3/c17-16(18,19)10-24-14-5-2-11(3-6-14)8-20-15(23)21-13-4-1-12(7-13)9-22/h1-6,12-13,22H,7-10H2,(H2,20,21,23)/t12-,13+/m0/s1. The molecule has 1 aromatic rings. The molecule has 2 atom stereocenters. The molecule has 1 aliphatic carbocycles. The molecule has 0 aromatic heterocycles. The maximum Gasteiger partial charge on any atom is 0.422 e. The summed E-state index contributed by atoms with van der Waals surface area (Å²) in [6.45, 7) is -1.04. The number of halogens is 3. The minimum atomic E-state index is -4.37. The van der Waals surface area contributed by atoms with Crippen LogP contribution in [0.2, 0.25) is 0 Å². The zero-order valence-corrected chi connectivity index (χ0v) is 12.8. The van der Waals surface area contributed by atoms with Crippen LogP contribution in [-0.4, -0.2) is 36.6 Å². The fourth-order valence-electron chi connectivity index (χ4n) is 2.29. The smallest absolute Gasteiger partial charge is 0.422 e. The zero-order chi connectivity index (χ0) is 17.6. The van der Waals surface area contributed by atoms with E-state index in [1.807, 2.05) is 12.2 Å². The van der Waals surface area contributed by atoms with E-state index in [9.17, 15) is 18.0 Å². The van der Waals surface area contributed by atoms with Gasteiger partial charge in [0.1, 0.15) is 5.75 Å². The Labute approximate surface area is 137 Å². The number of hydrogen-bond acceptors (Lipinski definition) is 3. The lowest BCUT2D eigenvalue weighted by Crippen LogP contribution is -2.40. The molecule has 0 bridgehead atoms. The molecule has 0 aliphatic heterocycles. The van der Waals surface area contributed by atoms with E-state index in [0.29, 0.717) is 6.42 Å². The third-order valence-electron chi connectivity index (χ3n) is 3.50. The molecule has 2 rings (SSSR count). The molecule has 0 unspecified atom stereocenters. The number of alkyl halides is 3. The third-order valence-corrected chi connectivity index (χ3v) is 3.50. The fraction of sp³-hybridized carbons (Fsp3) is 0.438. The number of ether oxygens (including phenoxy) is 1. The molecular formula is C16H19F3N2O3. The van der Waals surface area contributed by atoms with Crippen LogP contribution in [0.3, 0.4) is 0 Å². The molecule has 0 fully saturated rings. The van der Waals surface area contributed by atoms with Crippen molar-refractivity contribution in [3.63, 3.8) is 0 Å². The number of benzene rings is 1. The summed E-state index contributed by atoms with van der Waals surface area (Å²) in [6, 6.07) is 5.56. The molecule has 0 radical (unpaired) electrons. The predicted octanol–water partition coefficient (Wildman–Crippen LogP) is 2.36. The lowest BCUT2D eigenvalue weighted by atomic mass is 10.1. The molecule has 0 saturated heterocycles. The summed E-state index contributed by atoms with van der Waals surface area (Å²) in [4.78, 5) is 11.8. The lowest BCUT2D eigenvalue weighted by molar-refractivity contribution is -0.153. The quantitative estimate of drug-likeness (QED) is 0.694. The van der Waals surface area contributed by atoms with E-state index >= 15 is 0 Å². The second-order valence-electron chi connectivity index (χ2n) is 5.54. The van der Waals surface area contributed by atoms with Crippen LogP contribution >= 0.6 is 0 Å². The second kappa shape index (κ2) is 8.05. The summed E-state index contributed by atoms with van der Waals surface area (Å²) >= 11 is 0. The number of nitrogens with one attached hydrogen (secondary N) is 2. The van der Waals surface area contributed by atoms with Crippen LogP contribution in [0.4, 0.5) is 18.0 Å². The molecule has 132 valence electrons. The molecule has 8 heteroatoms. The highest BCUT2D eigenvalue weighted by molar-refractivity contribution is 5.74. The predicted molar refractivity (Wildman–Crippen MR) is 81.5 cm³/mol. The van der Waals surface area contributed by atoms with Crippen molar-refractivity contribution in [3.05, 3.63) is 42.0 Å². The Morgan fingerprint density at radius 2 is 1.96 bits per heavy atom. The summed E-state index contributed by atoms with van der Waals surface area (Å²) in [5, 5.41) is 14.5. The van der Waals surface area contributed by atoms with Crippen molar-refractivity contribution in [2.75, 3.05) is 13.2 Å². The van der Waals surface area contributed by atoms with Crippen molar-refractivity contribution >= 4 is 6.03 Å². The monoisotopic (exact) mass is 344 g/mol. The summed E-state index contributed by atoms with van der Waals surface area (Å²) in [5.74, 6) is 0.186. The summed E-state index contributed by atoms with van der Waals surface area (Å²) < 4.78 is 40.7. The number of aliphatic hydroxyl groups excluding tert-OH is 1. The average molecular weight is 344 g/mol. The van der Waals surface area contributed by atoms with Crippen molar-refractivity contribution in [1.29, 1.82) is 0 Å². The van der Waals surface area contributed by atoms with E-state index in [0.717, 1.165) is 5.56 Å². The lowest BCUT2D eigenvalue weighted by Gasteiger charge is -2.14. The third kappa shape index (κ3) is 6.11. The van der Waals surface area contributed by atoms with Gasteiger partial charge in [0.25, 0.3) is 0 Å². The van der Waals surface area contributed by atoms with Crippen LogP contribution in [0.5, 0.6) is 5.75 Å². The Balaban J connectivity index is 1.72. The first kappa shape index (κ1) is 18.1. The van der Waals surface area contributed by atoms with Crippen LogP contribution in [0.15, 0.2) is 36.4 Å². The average Bonchev–Trinajstić information content (AvgIpc) is 2.99. The van der Waals surface area contributed by atoms with Crippen LogP contribution in [-0.2, 0) is 6.54 Å². The van der Waals surface area contributed by atoms with E-state index in [1.165, 1.54) is 12.1 Å². The fourth-order valence-corrected chi connectivity index (χ4v) is 2.29. The highest BCUT2D eigenvalue weighted by Gasteiger charge is 2.28. The van der Waals surface area contributed by atoms with E-state index in [-0.39, 0.29) is 36.9 Å². The first-order valence-electron chi connectivity index (χ1n) is 7.48. The van der Waals surface area contributed by atoms with E-state index in [4.69, 9.17) is 5.11 Å². The normalized spacial score (nSPS) is 20.0. The minimum Gasteiger partial charge on any atom is -0.484 e. The molecule has 0 heterocycles. The molecule has 3 N–H and O–H groups in total. The van der Waals surface area contributed by atoms with Crippen LogP contribution in [0, 0.1) is 5.92 Å². The number of carbonyl (C=O) groups excluding carboxylic acids is 1. The highest BCUT2D eigenvalue weighted by Crippen LogP contribution is 2.19. The van der Waals surface area contributed by atoms with E-state index in [2.05, 4.69) is 15.4 Å². The van der Waals surface area contributed by atoms with Gasteiger partial charge in [0, 0.05) is 25.1 Å². The Morgan fingerprint density at radius 1 is 1.25 bits per heavy atom. The Morgan fingerprint density at radius 3 is 2.54 bits per heavy atom. The largest absolute Gasteiger partial charge is 0.484 e. The molecule has 5 nitrogen and oxygen atoms in total. The van der Waals surface area contributed by atoms with Crippen molar-refractivity contribution < 1.29 is 27.8 Å². The zero-order valence-electron chi connectivity index (χ0n) is 12.8. The Bertz CT molecular complexity index is 573. The van der Waals surface area contributed by atoms with Gasteiger partial charge in [-0.25, -0.2) is 4.79 Å². The molecule has 24 heavy (non-hydrogen) atoms. The van der Waals surface area contributed by atoms with Gasteiger partial charge in [-0.15, -0.1) is 0 Å². The number of aliphatic hydroxyl groups is 1. The Kier molecular flexibility index (Phi) is 6.08. The summed E-state index contributed by atoms with van der Waals surface area (Å²) in [5.41, 5.74) is 0.736. The molecule has 0 spiro atoms. The number of hydrogen-bond donors (Lipinski definition) is 3. The van der Waals surface area contributed by atoms with Gasteiger partial charge in [0.15, 0.2) is 6.61 Å². The molecule has 0 saturated carbocycles. The summed E-state index contributed by atoms with van der Waals surface area (Å²) in [6.07, 6.45) is -0.00490. The number of carbonyl (C=O) groups is 1. The van der Waals surface area contributed by atoms with Gasteiger partial charge in [0.2, 0.25) is 0 Å². The van der Waals surface area contributed by atoms with Crippen molar-refractivity contribution in [1.82, 2.24) is 10.6 Å². The van der Waals surface area contributed by atoms with Crippen LogP contribution in [0.25, 0.3) is 0 Å². The first-order chi connectivity index (χ1) is 11.4. The van der Waals surface area contributed by atoms with Gasteiger partial charge in [0.05, 0.1) is 0 Å². The second-order valence-corrected chi connectivity index (χ2v) is 5.54. The van der Waals surface area contributed by atoms with E-state index in [1.54, 1.807) is 12.1 Å². The van der Waals surface area contributed by atoms with Crippen molar-refractivity contribution in [3.8, 4) is 5.75 Å². The number of urea groups is 1. The Hall–Kier alpha value is -2.22. The van der Waals surface area contributed by atoms with Gasteiger partial charge in [-0.05, 0) is 24.1 Å². The van der Waals surface area contributed by atoms with E-state index < -0.39 is 12.8 Å². The molecule has 1 aromatic carbocycles. The highest BCUT2D eigenvalue weighted by atomic mass is 19.4. The SMILES string of the molecule is O=C(NCc1ccc(OCC(F)(F)F)cc1)N[C@@H]1C=C[C@H](CO)C1. The first-order valence-corrected chi connectivity index (χ1v) is 7.48. The van der Waals surface area contributed by atoms with Crippen molar-refractivity contribution in [2.24, 2.45) is 5.92 Å². The maximum absolute atomic E-state index is 12.0.